The van der Waals surface area contributed by atoms with Gasteiger partial charge in [0.25, 0.3) is 0 Å². The molecule has 0 atom stereocenters. The first-order valence-electron chi connectivity index (χ1n) is 10.8. The number of halogens is 2. The standard InChI is InChI=1S/C15H11BrO2.C15H11ClO2/c16-13-7-4-11(5-8-13)6-9-15(18)12-2-1-3-14(17)10-12;16-13-5-1-3-11(9-13)7-8-15(18)12-4-2-6-14(17)10-12/h2*1-10,17H/b9-6+;8-7+. The molecule has 4 nitrogen and oxygen atoms in total. The van der Waals surface area contributed by atoms with Crippen LogP contribution in [0.1, 0.15) is 31.8 Å². The molecule has 0 aliphatic carbocycles. The molecule has 0 aliphatic heterocycles. The second kappa shape index (κ2) is 13.2. The van der Waals surface area contributed by atoms with E-state index in [0.29, 0.717) is 16.1 Å². The monoisotopic (exact) mass is 560 g/mol. The van der Waals surface area contributed by atoms with Crippen LogP contribution in [0.3, 0.4) is 0 Å². The highest BCUT2D eigenvalue weighted by Gasteiger charge is 2.03. The number of rotatable bonds is 6. The number of aromatic hydroxyl groups is 2. The number of phenols is 2. The maximum Gasteiger partial charge on any atom is 0.185 e. The number of phenolic OH excluding ortho intramolecular Hbond substituents is 2. The van der Waals surface area contributed by atoms with Gasteiger partial charge >= 0.3 is 0 Å². The summed E-state index contributed by atoms with van der Waals surface area (Å²) in [4.78, 5) is 23.7. The van der Waals surface area contributed by atoms with E-state index < -0.39 is 0 Å². The van der Waals surface area contributed by atoms with E-state index in [2.05, 4.69) is 15.9 Å². The fraction of sp³-hybridized carbons (Fsp3) is 0. The van der Waals surface area contributed by atoms with Gasteiger partial charge in [-0.1, -0.05) is 88.2 Å². The van der Waals surface area contributed by atoms with Crippen LogP contribution in [-0.2, 0) is 0 Å². The molecule has 4 aromatic rings. The minimum absolute atomic E-state index is 0.0806. The van der Waals surface area contributed by atoms with Crippen LogP contribution >= 0.6 is 27.5 Å². The van der Waals surface area contributed by atoms with Crippen LogP contribution in [0.5, 0.6) is 11.5 Å². The normalized spacial score (nSPS) is 10.7. The van der Waals surface area contributed by atoms with Crippen LogP contribution in [0, 0.1) is 0 Å². The lowest BCUT2D eigenvalue weighted by Crippen LogP contribution is -1.93. The first-order chi connectivity index (χ1) is 17.3. The van der Waals surface area contributed by atoms with Gasteiger partial charge in [0.2, 0.25) is 0 Å². The molecular formula is C30H22BrClO4. The van der Waals surface area contributed by atoms with Gasteiger partial charge in [-0.15, -0.1) is 0 Å². The van der Waals surface area contributed by atoms with Crippen molar-refractivity contribution >= 4 is 51.2 Å². The predicted molar refractivity (Wildman–Crippen MR) is 149 cm³/mol. The molecule has 0 spiro atoms. The van der Waals surface area contributed by atoms with E-state index in [4.69, 9.17) is 11.6 Å². The molecule has 0 fully saturated rings. The number of benzene rings is 4. The van der Waals surface area contributed by atoms with Crippen LogP contribution in [0.15, 0.2) is 114 Å². The van der Waals surface area contributed by atoms with Gasteiger partial charge in [-0.25, -0.2) is 0 Å². The molecule has 0 bridgehead atoms. The van der Waals surface area contributed by atoms with Crippen molar-refractivity contribution < 1.29 is 19.8 Å². The van der Waals surface area contributed by atoms with E-state index in [1.165, 1.54) is 36.4 Å². The fourth-order valence-corrected chi connectivity index (χ4v) is 3.50. The SMILES string of the molecule is O=C(/C=C/c1ccc(Br)cc1)c1cccc(O)c1.O=C(/C=C/c1cccc(Cl)c1)c1cccc(O)c1. The summed E-state index contributed by atoms with van der Waals surface area (Å²) in [6, 6.07) is 27.4. The quantitative estimate of drug-likeness (QED) is 0.185. The predicted octanol–water partition coefficient (Wildman–Crippen LogP) is 7.99. The molecule has 36 heavy (non-hydrogen) atoms. The molecule has 4 rings (SSSR count). The summed E-state index contributed by atoms with van der Waals surface area (Å²) in [5.41, 5.74) is 2.74. The summed E-state index contributed by atoms with van der Waals surface area (Å²) in [6.45, 7) is 0. The maximum absolute atomic E-state index is 11.8. The Morgan fingerprint density at radius 1 is 0.639 bits per heavy atom. The van der Waals surface area contributed by atoms with Gasteiger partial charge in [0, 0.05) is 20.6 Å². The Labute approximate surface area is 223 Å². The Bertz CT molecular complexity index is 1410. The summed E-state index contributed by atoms with van der Waals surface area (Å²) in [5.74, 6) is -0.116. The number of hydrogen-bond donors (Lipinski definition) is 2. The van der Waals surface area contributed by atoms with Crippen LogP contribution in [0.25, 0.3) is 12.2 Å². The molecule has 2 N–H and O–H groups in total. The van der Waals surface area contributed by atoms with Crippen molar-refractivity contribution in [2.45, 2.75) is 0 Å². The minimum Gasteiger partial charge on any atom is -0.508 e. The molecule has 0 saturated carbocycles. The number of carbonyl (C=O) groups is 2. The lowest BCUT2D eigenvalue weighted by atomic mass is 10.1. The van der Waals surface area contributed by atoms with Crippen LogP contribution in [-0.4, -0.2) is 21.8 Å². The van der Waals surface area contributed by atoms with E-state index in [9.17, 15) is 19.8 Å². The molecular weight excluding hydrogens is 540 g/mol. The molecule has 6 heteroatoms. The Morgan fingerprint density at radius 3 is 1.64 bits per heavy atom. The number of hydrogen-bond acceptors (Lipinski definition) is 4. The molecule has 0 radical (unpaired) electrons. The van der Waals surface area contributed by atoms with Crippen molar-refractivity contribution in [1.82, 2.24) is 0 Å². The molecule has 0 heterocycles. The molecule has 0 amide bonds. The van der Waals surface area contributed by atoms with Gasteiger partial charge in [-0.2, -0.15) is 0 Å². The average Bonchev–Trinajstić information content (AvgIpc) is 2.87. The molecule has 0 saturated heterocycles. The second-order valence-corrected chi connectivity index (χ2v) is 8.95. The Hall–Kier alpha value is -3.93. The largest absolute Gasteiger partial charge is 0.508 e. The zero-order valence-electron chi connectivity index (χ0n) is 19.0. The molecule has 4 aromatic carbocycles. The Kier molecular flexibility index (Phi) is 9.81. The van der Waals surface area contributed by atoms with Crippen molar-refractivity contribution in [2.75, 3.05) is 0 Å². The average molecular weight is 562 g/mol. The summed E-state index contributed by atoms with van der Waals surface area (Å²) >= 11 is 9.20. The van der Waals surface area contributed by atoms with Gasteiger partial charge in [0.15, 0.2) is 11.6 Å². The highest BCUT2D eigenvalue weighted by atomic mass is 79.9. The molecule has 0 unspecified atom stereocenters. The highest BCUT2D eigenvalue weighted by molar-refractivity contribution is 9.10. The summed E-state index contributed by atoms with van der Waals surface area (Å²) in [7, 11) is 0. The van der Waals surface area contributed by atoms with Crippen LogP contribution in [0.2, 0.25) is 5.02 Å². The van der Waals surface area contributed by atoms with Crippen molar-refractivity contribution in [3.63, 3.8) is 0 Å². The van der Waals surface area contributed by atoms with E-state index in [-0.39, 0.29) is 23.1 Å². The van der Waals surface area contributed by atoms with Crippen molar-refractivity contribution in [3.05, 3.63) is 141 Å². The van der Waals surface area contributed by atoms with E-state index in [1.54, 1.807) is 48.6 Å². The Balaban J connectivity index is 0.000000201. The molecule has 180 valence electrons. The lowest BCUT2D eigenvalue weighted by Gasteiger charge is -1.97. The number of ketones is 2. The molecule has 0 aromatic heterocycles. The smallest absolute Gasteiger partial charge is 0.185 e. The van der Waals surface area contributed by atoms with E-state index in [1.807, 2.05) is 36.4 Å². The number of carbonyl (C=O) groups excluding carboxylic acids is 2. The zero-order chi connectivity index (χ0) is 25.9. The first kappa shape index (κ1) is 26.7. The van der Waals surface area contributed by atoms with Gasteiger partial charge < -0.3 is 10.2 Å². The summed E-state index contributed by atoms with van der Waals surface area (Å²) < 4.78 is 0.999. The Morgan fingerprint density at radius 2 is 1.14 bits per heavy atom. The van der Waals surface area contributed by atoms with Gasteiger partial charge in [-0.3, -0.25) is 9.59 Å². The third kappa shape index (κ3) is 8.69. The van der Waals surface area contributed by atoms with E-state index >= 15 is 0 Å². The first-order valence-corrected chi connectivity index (χ1v) is 12.0. The van der Waals surface area contributed by atoms with Gasteiger partial charge in [0.1, 0.15) is 11.5 Å². The second-order valence-electron chi connectivity index (χ2n) is 7.60. The van der Waals surface area contributed by atoms with Crippen LogP contribution < -0.4 is 0 Å². The highest BCUT2D eigenvalue weighted by Crippen LogP contribution is 2.16. The minimum atomic E-state index is -0.161. The lowest BCUT2D eigenvalue weighted by molar-refractivity contribution is 0.103. The van der Waals surface area contributed by atoms with Gasteiger partial charge in [0.05, 0.1) is 0 Å². The zero-order valence-corrected chi connectivity index (χ0v) is 21.4. The van der Waals surface area contributed by atoms with Crippen molar-refractivity contribution in [2.24, 2.45) is 0 Å². The van der Waals surface area contributed by atoms with Crippen molar-refractivity contribution in [3.8, 4) is 11.5 Å². The van der Waals surface area contributed by atoms with E-state index in [0.717, 1.165) is 15.6 Å². The third-order valence-electron chi connectivity index (χ3n) is 4.83. The van der Waals surface area contributed by atoms with Crippen LogP contribution in [0.4, 0.5) is 0 Å². The maximum atomic E-state index is 11.8. The summed E-state index contributed by atoms with van der Waals surface area (Å²) in [6.07, 6.45) is 6.40. The molecule has 0 aliphatic rings. The summed E-state index contributed by atoms with van der Waals surface area (Å²) in [5, 5.41) is 19.2. The topological polar surface area (TPSA) is 74.6 Å². The fourth-order valence-electron chi connectivity index (χ4n) is 3.04. The van der Waals surface area contributed by atoms with Gasteiger partial charge in [-0.05, 0) is 71.8 Å². The number of allylic oxidation sites excluding steroid dienone is 2. The third-order valence-corrected chi connectivity index (χ3v) is 5.60. The van der Waals surface area contributed by atoms with Crippen molar-refractivity contribution in [1.29, 1.82) is 0 Å².